The van der Waals surface area contributed by atoms with E-state index in [-0.39, 0.29) is 17.8 Å². The molecule has 27 heavy (non-hydrogen) atoms. The van der Waals surface area contributed by atoms with Crippen molar-refractivity contribution in [3.05, 3.63) is 59.5 Å². The Balaban J connectivity index is 1.42. The lowest BCUT2D eigenvalue weighted by atomic mass is 10.0. The number of benzene rings is 2. The third kappa shape index (κ3) is 2.63. The van der Waals surface area contributed by atoms with Gasteiger partial charge in [-0.25, -0.2) is 4.39 Å². The third-order valence-corrected chi connectivity index (χ3v) is 5.33. The van der Waals surface area contributed by atoms with Crippen molar-refractivity contribution in [1.82, 2.24) is 9.88 Å². The van der Waals surface area contributed by atoms with Crippen LogP contribution in [0.4, 0.5) is 4.39 Å². The molecule has 0 fully saturated rings. The maximum atomic E-state index is 13.7. The van der Waals surface area contributed by atoms with E-state index in [2.05, 4.69) is 4.98 Å². The predicted octanol–water partition coefficient (Wildman–Crippen LogP) is 3.42. The van der Waals surface area contributed by atoms with Crippen LogP contribution in [0.15, 0.2) is 42.5 Å². The first-order valence-electron chi connectivity index (χ1n) is 9.10. The fourth-order valence-corrected chi connectivity index (χ4v) is 3.95. The molecule has 1 amide bonds. The van der Waals surface area contributed by atoms with E-state index < -0.39 is 6.10 Å². The van der Waals surface area contributed by atoms with Gasteiger partial charge < -0.3 is 19.4 Å². The summed E-state index contributed by atoms with van der Waals surface area (Å²) in [7, 11) is 0. The van der Waals surface area contributed by atoms with E-state index in [0.717, 1.165) is 22.2 Å². The molecule has 3 aromatic rings. The number of carbonyl (C=O) groups excluding carboxylic acids is 1. The summed E-state index contributed by atoms with van der Waals surface area (Å²) < 4.78 is 25.5. The summed E-state index contributed by atoms with van der Waals surface area (Å²) in [6.45, 7) is 2.87. The Hall–Kier alpha value is -3.02. The lowest BCUT2D eigenvalue weighted by molar-refractivity contribution is -0.145. The van der Waals surface area contributed by atoms with Crippen molar-refractivity contribution in [3.8, 4) is 11.5 Å². The van der Waals surface area contributed by atoms with Crippen LogP contribution in [0, 0.1) is 5.82 Å². The monoisotopic (exact) mass is 366 g/mol. The van der Waals surface area contributed by atoms with Crippen LogP contribution in [0.1, 0.15) is 18.2 Å². The van der Waals surface area contributed by atoms with Gasteiger partial charge in [-0.1, -0.05) is 12.1 Å². The Morgan fingerprint density at radius 2 is 1.96 bits per heavy atom. The molecule has 2 aliphatic rings. The smallest absolute Gasteiger partial charge is 0.267 e. The van der Waals surface area contributed by atoms with Gasteiger partial charge in [0.1, 0.15) is 11.9 Å². The molecule has 0 saturated heterocycles. The number of rotatable bonds is 1. The second-order valence-corrected chi connectivity index (χ2v) is 7.09. The molecule has 1 aromatic heterocycles. The Kier molecular flexibility index (Phi) is 3.60. The average Bonchev–Trinajstić information content (AvgIpc) is 3.04. The van der Waals surface area contributed by atoms with Crippen molar-refractivity contribution < 1.29 is 18.7 Å². The van der Waals surface area contributed by atoms with Gasteiger partial charge in [0.05, 0.1) is 0 Å². The minimum absolute atomic E-state index is 0.103. The molecule has 5 rings (SSSR count). The molecule has 5 nitrogen and oxygen atoms in total. The van der Waals surface area contributed by atoms with Gasteiger partial charge in [-0.05, 0) is 37.3 Å². The Bertz CT molecular complexity index is 1050. The Morgan fingerprint density at radius 3 is 2.78 bits per heavy atom. The summed E-state index contributed by atoms with van der Waals surface area (Å²) >= 11 is 0. The van der Waals surface area contributed by atoms with E-state index in [0.29, 0.717) is 31.0 Å². The van der Waals surface area contributed by atoms with E-state index in [1.165, 1.54) is 12.1 Å². The average molecular weight is 366 g/mol. The molecule has 0 radical (unpaired) electrons. The highest BCUT2D eigenvalue weighted by Crippen LogP contribution is 2.35. The number of aromatic nitrogens is 1. The zero-order chi connectivity index (χ0) is 18.5. The molecule has 0 saturated carbocycles. The van der Waals surface area contributed by atoms with Gasteiger partial charge in [0, 0.05) is 41.7 Å². The second-order valence-electron chi connectivity index (χ2n) is 7.09. The first-order chi connectivity index (χ1) is 13.1. The van der Waals surface area contributed by atoms with E-state index in [1.807, 2.05) is 25.1 Å². The summed E-state index contributed by atoms with van der Waals surface area (Å²) in [6.07, 6.45) is -0.367. The van der Waals surface area contributed by atoms with Gasteiger partial charge in [0.25, 0.3) is 5.91 Å². The summed E-state index contributed by atoms with van der Waals surface area (Å²) in [5.41, 5.74) is 2.95. The van der Waals surface area contributed by atoms with Gasteiger partial charge >= 0.3 is 0 Å². The number of hydrogen-bond donors (Lipinski definition) is 1. The first-order valence-corrected chi connectivity index (χ1v) is 9.10. The zero-order valence-corrected chi connectivity index (χ0v) is 14.9. The number of nitrogens with zero attached hydrogens (tertiary/aromatic N) is 1. The molecule has 2 aromatic carbocycles. The molecule has 1 N–H and O–H groups in total. The molecule has 0 aliphatic carbocycles. The maximum absolute atomic E-state index is 13.7. The largest absolute Gasteiger partial charge is 0.482 e. The number of fused-ring (bicyclic) bond motifs is 4. The first kappa shape index (κ1) is 16.2. The van der Waals surface area contributed by atoms with Gasteiger partial charge in [-0.3, -0.25) is 4.79 Å². The number of nitrogens with one attached hydrogen (secondary N) is 1. The van der Waals surface area contributed by atoms with Crippen LogP contribution in [-0.2, 0) is 17.8 Å². The lowest BCUT2D eigenvalue weighted by Crippen LogP contribution is -2.51. The summed E-state index contributed by atoms with van der Waals surface area (Å²) in [5, 5.41) is 0.835. The van der Waals surface area contributed by atoms with Crippen LogP contribution >= 0.6 is 0 Å². The molecule has 138 valence electrons. The number of carbonyl (C=O) groups is 1. The lowest BCUT2D eigenvalue weighted by Gasteiger charge is -2.35. The molecule has 0 spiro atoms. The SMILES string of the molecule is CC1Oc2ccccc2OC1C(=O)N1CCc2[nH]c3ccc(F)cc3c2C1. The molecular formula is C21H19FN2O3. The number of amides is 1. The minimum Gasteiger partial charge on any atom is -0.482 e. The predicted molar refractivity (Wildman–Crippen MR) is 98.3 cm³/mol. The zero-order valence-electron chi connectivity index (χ0n) is 14.9. The number of para-hydroxylation sites is 2. The van der Waals surface area contributed by atoms with Gasteiger partial charge in [-0.15, -0.1) is 0 Å². The highest BCUT2D eigenvalue weighted by molar-refractivity contribution is 5.87. The van der Waals surface area contributed by atoms with Crippen molar-refractivity contribution in [2.75, 3.05) is 6.54 Å². The number of ether oxygens (including phenoxy) is 2. The fraction of sp³-hybridized carbons (Fsp3) is 0.286. The third-order valence-electron chi connectivity index (χ3n) is 5.33. The van der Waals surface area contributed by atoms with Crippen LogP contribution in [-0.4, -0.2) is 34.5 Å². The van der Waals surface area contributed by atoms with Crippen molar-refractivity contribution in [2.24, 2.45) is 0 Å². The van der Waals surface area contributed by atoms with Crippen LogP contribution in [0.3, 0.4) is 0 Å². The molecule has 2 atom stereocenters. The summed E-state index contributed by atoms with van der Waals surface area (Å²) in [6, 6.07) is 12.1. The van der Waals surface area contributed by atoms with Gasteiger partial charge in [0.2, 0.25) is 6.10 Å². The van der Waals surface area contributed by atoms with Crippen molar-refractivity contribution in [1.29, 1.82) is 0 Å². The minimum atomic E-state index is -0.691. The van der Waals surface area contributed by atoms with E-state index in [1.54, 1.807) is 17.0 Å². The molecule has 0 bridgehead atoms. The van der Waals surface area contributed by atoms with Crippen molar-refractivity contribution >= 4 is 16.8 Å². The topological polar surface area (TPSA) is 54.6 Å². The standard InChI is InChI=1S/C21H19FN2O3/c1-12-20(27-19-5-3-2-4-18(19)26-12)21(25)24-9-8-17-15(11-24)14-10-13(22)6-7-16(14)23-17/h2-7,10,12,20,23H,8-9,11H2,1H3. The normalized spacial score (nSPS) is 21.2. The van der Waals surface area contributed by atoms with E-state index in [4.69, 9.17) is 9.47 Å². The Morgan fingerprint density at radius 1 is 1.19 bits per heavy atom. The molecule has 3 heterocycles. The quantitative estimate of drug-likeness (QED) is 0.718. The van der Waals surface area contributed by atoms with Crippen LogP contribution in [0.25, 0.3) is 10.9 Å². The van der Waals surface area contributed by atoms with Gasteiger partial charge in [-0.2, -0.15) is 0 Å². The van der Waals surface area contributed by atoms with E-state index in [9.17, 15) is 9.18 Å². The van der Waals surface area contributed by atoms with Crippen LogP contribution < -0.4 is 9.47 Å². The fourth-order valence-electron chi connectivity index (χ4n) is 3.95. The second kappa shape index (κ2) is 6.01. The van der Waals surface area contributed by atoms with E-state index >= 15 is 0 Å². The number of H-pyrrole nitrogens is 1. The highest BCUT2D eigenvalue weighted by Gasteiger charge is 2.38. The Labute approximate surface area is 155 Å². The maximum Gasteiger partial charge on any atom is 0.267 e. The number of aromatic amines is 1. The summed E-state index contributed by atoms with van der Waals surface area (Å²) in [4.78, 5) is 18.3. The highest BCUT2D eigenvalue weighted by atomic mass is 19.1. The summed E-state index contributed by atoms with van der Waals surface area (Å²) in [5.74, 6) is 0.860. The molecule has 2 aliphatic heterocycles. The van der Waals surface area contributed by atoms with Crippen LogP contribution in [0.2, 0.25) is 0 Å². The van der Waals surface area contributed by atoms with Crippen molar-refractivity contribution in [2.45, 2.75) is 32.1 Å². The molecule has 6 heteroatoms. The van der Waals surface area contributed by atoms with Gasteiger partial charge in [0.15, 0.2) is 11.5 Å². The molecule has 2 unspecified atom stereocenters. The number of halogens is 1. The van der Waals surface area contributed by atoms with Crippen molar-refractivity contribution in [3.63, 3.8) is 0 Å². The van der Waals surface area contributed by atoms with Crippen LogP contribution in [0.5, 0.6) is 11.5 Å². The molecular weight excluding hydrogens is 347 g/mol. The number of hydrogen-bond acceptors (Lipinski definition) is 3.